The Bertz CT molecular complexity index is 769. The zero-order chi connectivity index (χ0) is 22.3. The van der Waals surface area contributed by atoms with Crippen LogP contribution < -0.4 is 10.0 Å². The number of nitrogens with zero attached hydrogens (tertiary/aromatic N) is 2. The van der Waals surface area contributed by atoms with E-state index in [0.29, 0.717) is 6.54 Å². The van der Waals surface area contributed by atoms with Crippen LogP contribution in [0.1, 0.15) is 52.4 Å². The lowest BCUT2D eigenvalue weighted by molar-refractivity contribution is -0.123. The van der Waals surface area contributed by atoms with Gasteiger partial charge in [-0.2, -0.15) is 4.72 Å². The number of amides is 1. The van der Waals surface area contributed by atoms with Gasteiger partial charge < -0.3 is 10.2 Å². The van der Waals surface area contributed by atoms with Crippen LogP contribution in [0.3, 0.4) is 0 Å². The van der Waals surface area contributed by atoms with Crippen LogP contribution in [0.15, 0.2) is 21.7 Å². The van der Waals surface area contributed by atoms with Gasteiger partial charge in [-0.3, -0.25) is 9.69 Å². The maximum Gasteiger partial charge on any atom is 0.250 e. The van der Waals surface area contributed by atoms with Gasteiger partial charge in [-0.05, 0) is 43.2 Å². The van der Waals surface area contributed by atoms with E-state index in [0.717, 1.165) is 56.5 Å². The zero-order valence-corrected chi connectivity index (χ0v) is 20.5. The average molecular weight is 471 g/mol. The van der Waals surface area contributed by atoms with Crippen molar-refractivity contribution in [3.63, 3.8) is 0 Å². The molecule has 0 aromatic carbocycles. The monoisotopic (exact) mass is 470 g/mol. The lowest BCUT2D eigenvalue weighted by atomic mass is 9.94. The fourth-order valence-electron chi connectivity index (χ4n) is 4.56. The molecule has 1 aliphatic heterocycles. The molecular weight excluding hydrogens is 432 g/mol. The molecule has 2 N–H and O–H groups in total. The molecule has 0 spiro atoms. The second kappa shape index (κ2) is 11.7. The minimum absolute atomic E-state index is 0.136. The largest absolute Gasteiger partial charge is 0.355 e. The van der Waals surface area contributed by atoms with Gasteiger partial charge in [-0.15, -0.1) is 11.3 Å². The zero-order valence-electron chi connectivity index (χ0n) is 18.9. The van der Waals surface area contributed by atoms with Crippen molar-refractivity contribution in [2.24, 2.45) is 5.92 Å². The molecule has 0 unspecified atom stereocenters. The fraction of sp³-hybridized carbons (Fsp3) is 0.773. The Kier molecular flexibility index (Phi) is 9.33. The van der Waals surface area contributed by atoms with Crippen LogP contribution in [0.4, 0.5) is 0 Å². The highest BCUT2D eigenvalue weighted by molar-refractivity contribution is 7.91. The van der Waals surface area contributed by atoms with E-state index in [-0.39, 0.29) is 16.0 Å². The standard InChI is InChI=1S/C22H38N4O3S2/c1-18(2)21(24-31(28,29)20-10-6-17-30-20)22(27)23-11-7-12-25-13-15-26(16-14-25)19-8-4-3-5-9-19/h6,10,17-19,21,24H,3-5,7-9,11-16H2,1-2H3,(H,23,27)/t21-/m0/s1. The third-order valence-electron chi connectivity index (χ3n) is 6.44. The first-order chi connectivity index (χ1) is 14.9. The van der Waals surface area contributed by atoms with Crippen LogP contribution in [0, 0.1) is 5.92 Å². The third kappa shape index (κ3) is 7.25. The van der Waals surface area contributed by atoms with Crippen LogP contribution in [0.5, 0.6) is 0 Å². The molecule has 1 aliphatic carbocycles. The number of sulfonamides is 1. The topological polar surface area (TPSA) is 81.7 Å². The van der Waals surface area contributed by atoms with Crippen molar-refractivity contribution in [3.05, 3.63) is 17.5 Å². The van der Waals surface area contributed by atoms with Crippen molar-refractivity contribution in [1.29, 1.82) is 0 Å². The molecule has 1 saturated heterocycles. The summed E-state index contributed by atoms with van der Waals surface area (Å²) in [6.45, 7) is 9.73. The Labute approximate surface area is 191 Å². The van der Waals surface area contributed by atoms with Crippen molar-refractivity contribution < 1.29 is 13.2 Å². The van der Waals surface area contributed by atoms with E-state index in [4.69, 9.17) is 0 Å². The number of carbonyl (C=O) groups is 1. The second-order valence-electron chi connectivity index (χ2n) is 9.09. The van der Waals surface area contributed by atoms with Gasteiger partial charge in [-0.1, -0.05) is 39.2 Å². The molecule has 9 heteroatoms. The lowest BCUT2D eigenvalue weighted by Gasteiger charge is -2.40. The highest BCUT2D eigenvalue weighted by atomic mass is 32.2. The molecule has 176 valence electrons. The molecule has 31 heavy (non-hydrogen) atoms. The number of nitrogens with one attached hydrogen (secondary N) is 2. The molecule has 2 fully saturated rings. The number of carbonyl (C=O) groups excluding carboxylic acids is 1. The molecule has 2 aliphatic rings. The van der Waals surface area contributed by atoms with E-state index in [2.05, 4.69) is 19.8 Å². The second-order valence-corrected chi connectivity index (χ2v) is 12.0. The number of thiophene rings is 1. The maximum absolute atomic E-state index is 12.6. The first-order valence-electron chi connectivity index (χ1n) is 11.7. The van der Waals surface area contributed by atoms with Crippen molar-refractivity contribution in [2.75, 3.05) is 39.3 Å². The summed E-state index contributed by atoms with van der Waals surface area (Å²) < 4.78 is 27.8. The molecule has 0 bridgehead atoms. The van der Waals surface area contributed by atoms with Gasteiger partial charge in [0.2, 0.25) is 5.91 Å². The van der Waals surface area contributed by atoms with E-state index in [1.807, 2.05) is 13.8 Å². The predicted molar refractivity (Wildman–Crippen MR) is 126 cm³/mol. The van der Waals surface area contributed by atoms with Gasteiger partial charge in [0.05, 0.1) is 0 Å². The number of rotatable bonds is 10. The van der Waals surface area contributed by atoms with Crippen LogP contribution in [0.25, 0.3) is 0 Å². The van der Waals surface area contributed by atoms with Crippen molar-refractivity contribution >= 4 is 27.3 Å². The first-order valence-corrected chi connectivity index (χ1v) is 14.0. The van der Waals surface area contributed by atoms with E-state index in [1.54, 1.807) is 17.5 Å². The van der Waals surface area contributed by atoms with Gasteiger partial charge in [0, 0.05) is 38.8 Å². The Morgan fingerprint density at radius 3 is 2.48 bits per heavy atom. The summed E-state index contributed by atoms with van der Waals surface area (Å²) in [5.41, 5.74) is 0. The van der Waals surface area contributed by atoms with Gasteiger partial charge in [0.1, 0.15) is 10.3 Å². The molecule has 1 saturated carbocycles. The van der Waals surface area contributed by atoms with Crippen LogP contribution in [-0.2, 0) is 14.8 Å². The van der Waals surface area contributed by atoms with E-state index in [9.17, 15) is 13.2 Å². The Morgan fingerprint density at radius 2 is 1.87 bits per heavy atom. The number of piperazine rings is 1. The summed E-state index contributed by atoms with van der Waals surface area (Å²) in [6, 6.07) is 3.27. The summed E-state index contributed by atoms with van der Waals surface area (Å²) in [5, 5.41) is 4.65. The molecule has 7 nitrogen and oxygen atoms in total. The van der Waals surface area contributed by atoms with E-state index >= 15 is 0 Å². The van der Waals surface area contributed by atoms with Gasteiger partial charge in [-0.25, -0.2) is 8.42 Å². The third-order valence-corrected chi connectivity index (χ3v) is 9.28. The van der Waals surface area contributed by atoms with Crippen LogP contribution >= 0.6 is 11.3 Å². The van der Waals surface area contributed by atoms with Crippen molar-refractivity contribution in [1.82, 2.24) is 19.8 Å². The first kappa shape index (κ1) is 24.6. The van der Waals surface area contributed by atoms with E-state index in [1.165, 1.54) is 32.1 Å². The summed E-state index contributed by atoms with van der Waals surface area (Å²) in [6.07, 6.45) is 7.75. The van der Waals surface area contributed by atoms with Gasteiger partial charge in [0.25, 0.3) is 10.0 Å². The lowest BCUT2D eigenvalue weighted by Crippen LogP contribution is -2.51. The Hall–Kier alpha value is -1.00. The summed E-state index contributed by atoms with van der Waals surface area (Å²) in [7, 11) is -3.67. The highest BCUT2D eigenvalue weighted by Crippen LogP contribution is 2.23. The summed E-state index contributed by atoms with van der Waals surface area (Å²) >= 11 is 1.15. The van der Waals surface area contributed by atoms with E-state index < -0.39 is 16.1 Å². The van der Waals surface area contributed by atoms with Gasteiger partial charge in [0.15, 0.2) is 0 Å². The average Bonchev–Trinajstić information content (AvgIpc) is 3.32. The van der Waals surface area contributed by atoms with Crippen molar-refractivity contribution in [2.45, 2.75) is 68.7 Å². The Morgan fingerprint density at radius 1 is 1.16 bits per heavy atom. The molecule has 3 rings (SSSR count). The molecule has 1 atom stereocenters. The smallest absolute Gasteiger partial charge is 0.250 e. The molecular formula is C22H38N4O3S2. The minimum atomic E-state index is -3.67. The molecule has 1 amide bonds. The number of hydrogen-bond donors (Lipinski definition) is 2. The quantitative estimate of drug-likeness (QED) is 0.514. The number of hydrogen-bond acceptors (Lipinski definition) is 6. The summed E-state index contributed by atoms with van der Waals surface area (Å²) in [5.74, 6) is -0.389. The Balaban J connectivity index is 1.37. The normalized spacial score (nSPS) is 20.7. The molecule has 1 aromatic heterocycles. The SMILES string of the molecule is CC(C)[C@H](NS(=O)(=O)c1cccs1)C(=O)NCCCN1CCN(C2CCCCC2)CC1. The van der Waals surface area contributed by atoms with Crippen LogP contribution in [0.2, 0.25) is 0 Å². The molecule has 0 radical (unpaired) electrons. The van der Waals surface area contributed by atoms with Gasteiger partial charge >= 0.3 is 0 Å². The fourth-order valence-corrected chi connectivity index (χ4v) is 6.91. The minimum Gasteiger partial charge on any atom is -0.355 e. The molecule has 2 heterocycles. The summed E-state index contributed by atoms with van der Waals surface area (Å²) in [4.78, 5) is 17.8. The van der Waals surface area contributed by atoms with Crippen LogP contribution in [-0.4, -0.2) is 75.5 Å². The highest BCUT2D eigenvalue weighted by Gasteiger charge is 2.29. The van der Waals surface area contributed by atoms with Crippen molar-refractivity contribution in [3.8, 4) is 0 Å². The maximum atomic E-state index is 12.6. The predicted octanol–water partition coefficient (Wildman–Crippen LogP) is 2.51. The molecule has 1 aromatic rings.